The lowest BCUT2D eigenvalue weighted by molar-refractivity contribution is 0.583. The normalized spacial score (nSPS) is 17.1. The first-order valence-corrected chi connectivity index (χ1v) is 7.74. The van der Waals surface area contributed by atoms with Gasteiger partial charge in [0.05, 0.1) is 10.7 Å². The predicted octanol–water partition coefficient (Wildman–Crippen LogP) is 1.44. The molecule has 1 unspecified atom stereocenters. The fourth-order valence-electron chi connectivity index (χ4n) is 2.10. The summed E-state index contributed by atoms with van der Waals surface area (Å²) in [7, 11) is -3.51. The monoisotopic (exact) mass is 284 g/mol. The Balaban J connectivity index is 2.45. The van der Waals surface area contributed by atoms with Crippen LogP contribution in [0.4, 0.5) is 5.69 Å². The largest absolute Gasteiger partial charge is 0.392 e. The molecule has 0 bridgehead atoms. The standard InChI is InChI=1S/C12H16N2O2S2/c1-9(12(13)17)18(15,16)14-8-4-6-10-5-2-3-7-11(10)14/h2-3,5,7,9H,4,6,8H2,1H3,(H2,13,17). The first-order valence-electron chi connectivity index (χ1n) is 5.83. The highest BCUT2D eigenvalue weighted by atomic mass is 32.2. The summed E-state index contributed by atoms with van der Waals surface area (Å²) in [5.41, 5.74) is 7.29. The molecule has 1 atom stereocenters. The van der Waals surface area contributed by atoms with Gasteiger partial charge in [0.15, 0.2) is 0 Å². The lowest BCUT2D eigenvalue weighted by Gasteiger charge is -2.32. The highest BCUT2D eigenvalue weighted by Gasteiger charge is 2.33. The van der Waals surface area contributed by atoms with Gasteiger partial charge < -0.3 is 5.73 Å². The van der Waals surface area contributed by atoms with Crippen molar-refractivity contribution in [3.63, 3.8) is 0 Å². The molecule has 4 nitrogen and oxygen atoms in total. The molecule has 1 aromatic carbocycles. The second-order valence-electron chi connectivity index (χ2n) is 4.39. The van der Waals surface area contributed by atoms with E-state index in [1.54, 1.807) is 0 Å². The fraction of sp³-hybridized carbons (Fsp3) is 0.417. The number of para-hydroxylation sites is 1. The van der Waals surface area contributed by atoms with E-state index in [2.05, 4.69) is 0 Å². The van der Waals surface area contributed by atoms with Crippen LogP contribution >= 0.6 is 12.2 Å². The maximum Gasteiger partial charge on any atom is 0.244 e. The first-order chi connectivity index (χ1) is 8.44. The predicted molar refractivity (Wildman–Crippen MR) is 77.3 cm³/mol. The van der Waals surface area contributed by atoms with Gasteiger partial charge in [-0.15, -0.1) is 0 Å². The summed E-state index contributed by atoms with van der Waals surface area (Å²) in [4.78, 5) is 0.0121. The summed E-state index contributed by atoms with van der Waals surface area (Å²) in [5.74, 6) is 0. The minimum atomic E-state index is -3.51. The van der Waals surface area contributed by atoms with E-state index in [-0.39, 0.29) is 4.99 Å². The van der Waals surface area contributed by atoms with Crippen LogP contribution in [0.1, 0.15) is 18.9 Å². The number of hydrogen-bond acceptors (Lipinski definition) is 3. The van der Waals surface area contributed by atoms with E-state index in [9.17, 15) is 8.42 Å². The number of thiocarbonyl (C=S) groups is 1. The average Bonchev–Trinajstić information content (AvgIpc) is 2.36. The third-order valence-corrected chi connectivity index (χ3v) is 5.87. The number of fused-ring (bicyclic) bond motifs is 1. The van der Waals surface area contributed by atoms with Crippen molar-refractivity contribution in [1.29, 1.82) is 0 Å². The third kappa shape index (κ3) is 2.22. The first kappa shape index (κ1) is 13.3. The number of hydrogen-bond donors (Lipinski definition) is 1. The molecular weight excluding hydrogens is 268 g/mol. The Hall–Kier alpha value is -1.14. The van der Waals surface area contributed by atoms with Crippen LogP contribution in [0.2, 0.25) is 0 Å². The highest BCUT2D eigenvalue weighted by molar-refractivity contribution is 7.95. The van der Waals surface area contributed by atoms with Gasteiger partial charge in [-0.3, -0.25) is 4.31 Å². The molecular formula is C12H16N2O2S2. The van der Waals surface area contributed by atoms with Gasteiger partial charge in [0.1, 0.15) is 5.25 Å². The molecule has 1 heterocycles. The Morgan fingerprint density at radius 2 is 2.11 bits per heavy atom. The van der Waals surface area contributed by atoms with Gasteiger partial charge in [-0.2, -0.15) is 0 Å². The van der Waals surface area contributed by atoms with Crippen LogP contribution in [0.5, 0.6) is 0 Å². The quantitative estimate of drug-likeness (QED) is 0.853. The topological polar surface area (TPSA) is 63.4 Å². The molecule has 18 heavy (non-hydrogen) atoms. The summed E-state index contributed by atoms with van der Waals surface area (Å²) in [6, 6.07) is 7.56. The number of sulfonamides is 1. The summed E-state index contributed by atoms with van der Waals surface area (Å²) < 4.78 is 26.3. The molecule has 0 spiro atoms. The van der Waals surface area contributed by atoms with Gasteiger partial charge in [0, 0.05) is 6.54 Å². The van der Waals surface area contributed by atoms with Crippen molar-refractivity contribution in [2.24, 2.45) is 5.73 Å². The molecule has 1 aromatic rings. The number of benzene rings is 1. The highest BCUT2D eigenvalue weighted by Crippen LogP contribution is 2.30. The molecule has 2 N–H and O–H groups in total. The molecule has 0 saturated carbocycles. The maximum absolute atomic E-state index is 12.4. The van der Waals surface area contributed by atoms with Crippen molar-refractivity contribution in [1.82, 2.24) is 0 Å². The molecule has 2 rings (SSSR count). The summed E-state index contributed by atoms with van der Waals surface area (Å²) in [5, 5.41) is -0.835. The molecule has 0 amide bonds. The molecule has 0 saturated heterocycles. The molecule has 0 aliphatic carbocycles. The number of aryl methyl sites for hydroxylation is 1. The van der Waals surface area contributed by atoms with Crippen LogP contribution in [0.3, 0.4) is 0 Å². The van der Waals surface area contributed by atoms with Crippen molar-refractivity contribution in [2.45, 2.75) is 25.0 Å². The Labute approximate surface area is 113 Å². The van der Waals surface area contributed by atoms with Crippen molar-refractivity contribution in [3.8, 4) is 0 Å². The average molecular weight is 284 g/mol. The second-order valence-corrected chi connectivity index (χ2v) is 7.04. The van der Waals surface area contributed by atoms with E-state index in [0.717, 1.165) is 24.1 Å². The van der Waals surface area contributed by atoms with E-state index >= 15 is 0 Å². The zero-order valence-electron chi connectivity index (χ0n) is 10.2. The number of anilines is 1. The summed E-state index contributed by atoms with van der Waals surface area (Å²) in [6.07, 6.45) is 1.73. The molecule has 98 valence electrons. The zero-order chi connectivity index (χ0) is 13.3. The van der Waals surface area contributed by atoms with Crippen molar-refractivity contribution in [2.75, 3.05) is 10.8 Å². The molecule has 0 aromatic heterocycles. The van der Waals surface area contributed by atoms with Crippen LogP contribution in [-0.4, -0.2) is 25.2 Å². The Kier molecular flexibility index (Phi) is 3.59. The van der Waals surface area contributed by atoms with Gasteiger partial charge >= 0.3 is 0 Å². The SMILES string of the molecule is CC(C(N)=S)S(=O)(=O)N1CCCc2ccccc21. The van der Waals surface area contributed by atoms with Gasteiger partial charge in [-0.25, -0.2) is 8.42 Å². The lowest BCUT2D eigenvalue weighted by Crippen LogP contribution is -2.45. The minimum Gasteiger partial charge on any atom is -0.392 e. The van der Waals surface area contributed by atoms with Gasteiger partial charge in [-0.1, -0.05) is 30.4 Å². The van der Waals surface area contributed by atoms with Crippen molar-refractivity contribution >= 4 is 32.9 Å². The molecule has 0 radical (unpaired) electrons. The van der Waals surface area contributed by atoms with Crippen LogP contribution < -0.4 is 10.0 Å². The summed E-state index contributed by atoms with van der Waals surface area (Å²) in [6.45, 7) is 2.03. The van der Waals surface area contributed by atoms with Gasteiger partial charge in [-0.05, 0) is 31.4 Å². The van der Waals surface area contributed by atoms with Crippen LogP contribution in [-0.2, 0) is 16.4 Å². The van der Waals surface area contributed by atoms with E-state index < -0.39 is 15.3 Å². The number of nitrogens with two attached hydrogens (primary N) is 1. The van der Waals surface area contributed by atoms with E-state index in [4.69, 9.17) is 18.0 Å². The van der Waals surface area contributed by atoms with E-state index in [1.165, 1.54) is 11.2 Å². The third-order valence-electron chi connectivity index (χ3n) is 3.22. The zero-order valence-corrected chi connectivity index (χ0v) is 11.8. The summed E-state index contributed by atoms with van der Waals surface area (Å²) >= 11 is 4.81. The van der Waals surface area contributed by atoms with Gasteiger partial charge in [0.25, 0.3) is 0 Å². The Morgan fingerprint density at radius 3 is 2.78 bits per heavy atom. The van der Waals surface area contributed by atoms with E-state index in [1.807, 2.05) is 24.3 Å². The maximum atomic E-state index is 12.4. The lowest BCUT2D eigenvalue weighted by atomic mass is 10.0. The molecule has 0 fully saturated rings. The van der Waals surface area contributed by atoms with Crippen LogP contribution in [0.25, 0.3) is 0 Å². The molecule has 1 aliphatic heterocycles. The minimum absolute atomic E-state index is 0.0121. The van der Waals surface area contributed by atoms with Crippen molar-refractivity contribution in [3.05, 3.63) is 29.8 Å². The fourth-order valence-corrected chi connectivity index (χ4v) is 3.98. The molecule has 6 heteroatoms. The number of nitrogens with zero attached hydrogens (tertiary/aromatic N) is 1. The Morgan fingerprint density at radius 1 is 1.44 bits per heavy atom. The number of rotatable bonds is 3. The van der Waals surface area contributed by atoms with Crippen LogP contribution in [0.15, 0.2) is 24.3 Å². The molecule has 1 aliphatic rings. The van der Waals surface area contributed by atoms with Crippen LogP contribution in [0, 0.1) is 0 Å². The smallest absolute Gasteiger partial charge is 0.244 e. The van der Waals surface area contributed by atoms with E-state index in [0.29, 0.717) is 6.54 Å². The second kappa shape index (κ2) is 4.85. The van der Waals surface area contributed by atoms with Gasteiger partial charge in [0.2, 0.25) is 10.0 Å². The van der Waals surface area contributed by atoms with Crippen molar-refractivity contribution < 1.29 is 8.42 Å². The Bertz CT molecular complexity index is 569.